The van der Waals surface area contributed by atoms with Gasteiger partial charge in [0.05, 0.1) is 12.0 Å². The Bertz CT molecular complexity index is 889. The molecule has 25 heavy (non-hydrogen) atoms. The maximum atomic E-state index is 13.8. The van der Waals surface area contributed by atoms with Crippen molar-refractivity contribution in [3.63, 3.8) is 0 Å². The van der Waals surface area contributed by atoms with Crippen molar-refractivity contribution >= 4 is 23.5 Å². The predicted octanol–water partition coefficient (Wildman–Crippen LogP) is 3.65. The van der Waals surface area contributed by atoms with Crippen LogP contribution in [-0.4, -0.2) is 26.8 Å². The Kier molecular flexibility index (Phi) is 3.72. The highest BCUT2D eigenvalue weighted by Crippen LogP contribution is 2.45. The maximum absolute atomic E-state index is 13.8. The number of hydrogen-bond donors (Lipinski definition) is 1. The number of rotatable bonds is 2. The number of benzene rings is 1. The number of thioether (sulfide) groups is 1. The summed E-state index contributed by atoms with van der Waals surface area (Å²) >= 11 is 1.44. The minimum atomic E-state index is -0.404. The first-order chi connectivity index (χ1) is 11.9. The fourth-order valence-electron chi connectivity index (χ4n) is 3.72. The van der Waals surface area contributed by atoms with Gasteiger partial charge >= 0.3 is 0 Å². The number of hydrogen-bond acceptors (Lipinski definition) is 5. The first kappa shape index (κ1) is 16.3. The Labute approximate surface area is 149 Å². The highest BCUT2D eigenvalue weighted by molar-refractivity contribution is 7.98. The van der Waals surface area contributed by atoms with E-state index in [1.807, 2.05) is 26.2 Å². The van der Waals surface area contributed by atoms with Crippen LogP contribution in [0.4, 0.5) is 10.3 Å². The number of aromatic nitrogens is 3. The van der Waals surface area contributed by atoms with Crippen molar-refractivity contribution in [1.29, 1.82) is 0 Å². The molecule has 0 saturated carbocycles. The molecule has 0 radical (unpaired) electrons. The summed E-state index contributed by atoms with van der Waals surface area (Å²) < 4.78 is 15.6. The highest BCUT2D eigenvalue weighted by Gasteiger charge is 2.45. The van der Waals surface area contributed by atoms with Gasteiger partial charge in [-0.25, -0.2) is 9.07 Å². The second kappa shape index (κ2) is 5.69. The molecule has 2 atom stereocenters. The predicted molar refractivity (Wildman–Crippen MR) is 94.9 cm³/mol. The monoisotopic (exact) mass is 358 g/mol. The molecule has 1 aromatic heterocycles. The first-order valence-electron chi connectivity index (χ1n) is 8.16. The number of allylic oxidation sites excluding steroid dienone is 2. The van der Waals surface area contributed by atoms with Crippen molar-refractivity contribution in [3.8, 4) is 0 Å². The van der Waals surface area contributed by atoms with Crippen molar-refractivity contribution in [2.24, 2.45) is 11.3 Å². The molecular weight excluding hydrogens is 339 g/mol. The van der Waals surface area contributed by atoms with Gasteiger partial charge in [-0.15, -0.1) is 5.10 Å². The van der Waals surface area contributed by atoms with E-state index >= 15 is 0 Å². The molecule has 2 heterocycles. The highest BCUT2D eigenvalue weighted by atomic mass is 32.2. The molecule has 0 fully saturated rings. The van der Waals surface area contributed by atoms with Gasteiger partial charge in [-0.3, -0.25) is 4.79 Å². The lowest BCUT2D eigenvalue weighted by Crippen LogP contribution is -2.42. The van der Waals surface area contributed by atoms with Crippen LogP contribution in [0.25, 0.3) is 0 Å². The smallest absolute Gasteiger partial charge is 0.227 e. The molecule has 0 amide bonds. The van der Waals surface area contributed by atoms with Crippen LogP contribution in [0.15, 0.2) is 41.2 Å². The van der Waals surface area contributed by atoms with E-state index in [1.165, 1.54) is 23.9 Å². The minimum Gasteiger partial charge on any atom is -0.328 e. The molecule has 0 spiro atoms. The summed E-state index contributed by atoms with van der Waals surface area (Å²) in [7, 11) is 0. The number of carbonyl (C=O) groups excluding carboxylic acids is 1. The van der Waals surface area contributed by atoms with E-state index in [9.17, 15) is 9.18 Å². The largest absolute Gasteiger partial charge is 0.328 e. The Morgan fingerprint density at radius 3 is 2.92 bits per heavy atom. The van der Waals surface area contributed by atoms with Gasteiger partial charge in [-0.2, -0.15) is 4.98 Å². The molecule has 1 aliphatic heterocycles. The fourth-order valence-corrected chi connectivity index (χ4v) is 4.07. The van der Waals surface area contributed by atoms with Gasteiger partial charge in [0.1, 0.15) is 11.6 Å². The molecule has 4 rings (SSSR count). The maximum Gasteiger partial charge on any atom is 0.227 e. The Morgan fingerprint density at radius 1 is 1.40 bits per heavy atom. The van der Waals surface area contributed by atoms with Crippen molar-refractivity contribution in [3.05, 3.63) is 47.4 Å². The summed E-state index contributed by atoms with van der Waals surface area (Å²) in [5.74, 6) is -0.00152. The third-order valence-corrected chi connectivity index (χ3v) is 5.22. The van der Waals surface area contributed by atoms with Crippen LogP contribution in [0.2, 0.25) is 0 Å². The second-order valence-electron chi connectivity index (χ2n) is 7.20. The zero-order chi connectivity index (χ0) is 17.8. The summed E-state index contributed by atoms with van der Waals surface area (Å²) in [6.45, 7) is 4.08. The van der Waals surface area contributed by atoms with Gasteiger partial charge in [-0.1, -0.05) is 43.8 Å². The van der Waals surface area contributed by atoms with Crippen LogP contribution in [0.3, 0.4) is 0 Å². The zero-order valence-electron chi connectivity index (χ0n) is 14.3. The number of nitrogens with one attached hydrogen (secondary N) is 1. The average molecular weight is 358 g/mol. The molecule has 0 unspecified atom stereocenters. The number of Topliss-reactive ketones (excluding diaryl/α,β-unsaturated/α-hetero) is 1. The Hall–Kier alpha value is -2.15. The van der Waals surface area contributed by atoms with E-state index in [2.05, 4.69) is 21.5 Å². The number of anilines is 1. The van der Waals surface area contributed by atoms with E-state index in [4.69, 9.17) is 0 Å². The van der Waals surface area contributed by atoms with Crippen LogP contribution in [0.5, 0.6) is 0 Å². The third-order valence-electron chi connectivity index (χ3n) is 4.68. The fraction of sp³-hybridized carbons (Fsp3) is 0.389. The average Bonchev–Trinajstić information content (AvgIpc) is 2.94. The number of halogens is 1. The number of fused-ring (bicyclic) bond motifs is 2. The zero-order valence-corrected chi connectivity index (χ0v) is 15.1. The van der Waals surface area contributed by atoms with E-state index in [1.54, 1.807) is 10.7 Å². The number of ketones is 1. The molecule has 2 aliphatic rings. The molecule has 1 aromatic carbocycles. The first-order valence-corrected chi connectivity index (χ1v) is 9.39. The molecule has 130 valence electrons. The van der Waals surface area contributed by atoms with E-state index in [-0.39, 0.29) is 17.0 Å². The summed E-state index contributed by atoms with van der Waals surface area (Å²) in [5.41, 5.74) is 1.35. The normalized spacial score (nSPS) is 24.2. The van der Waals surface area contributed by atoms with Gasteiger partial charge < -0.3 is 5.32 Å². The summed E-state index contributed by atoms with van der Waals surface area (Å²) in [5, 5.41) is 8.42. The molecule has 1 aliphatic carbocycles. The summed E-state index contributed by atoms with van der Waals surface area (Å²) in [6.07, 6.45) is 4.45. The van der Waals surface area contributed by atoms with Crippen LogP contribution in [0, 0.1) is 17.2 Å². The van der Waals surface area contributed by atoms with Crippen molar-refractivity contribution in [2.45, 2.75) is 31.5 Å². The lowest BCUT2D eigenvalue weighted by Gasteiger charge is -2.40. The van der Waals surface area contributed by atoms with E-state index in [0.29, 0.717) is 17.5 Å². The van der Waals surface area contributed by atoms with Crippen LogP contribution >= 0.6 is 11.8 Å². The molecule has 0 bridgehead atoms. The van der Waals surface area contributed by atoms with Gasteiger partial charge in [0.15, 0.2) is 0 Å². The van der Waals surface area contributed by atoms with Gasteiger partial charge in [0.25, 0.3) is 0 Å². The van der Waals surface area contributed by atoms with Gasteiger partial charge in [0, 0.05) is 12.1 Å². The lowest BCUT2D eigenvalue weighted by atomic mass is 9.72. The SMILES string of the molecule is CSc1nc2n(n1)[C@@H](c1cccc(F)c1)[C@@H]1C(=O)CC(C)(C)C=C1N2. The molecule has 5 nitrogen and oxygen atoms in total. The Balaban J connectivity index is 1.92. The Morgan fingerprint density at radius 2 is 2.20 bits per heavy atom. The molecule has 7 heteroatoms. The van der Waals surface area contributed by atoms with Crippen molar-refractivity contribution in [1.82, 2.24) is 14.8 Å². The standard InChI is InChI=1S/C18H19FN4OS/c1-18(2)8-12-14(13(24)9-18)15(10-5-4-6-11(19)7-10)23-16(20-12)21-17(22-23)25-3/h4-8,14-15H,9H2,1-3H3,(H,20,21,22)/t14-,15-/m0/s1. The van der Waals surface area contributed by atoms with Crippen LogP contribution in [0.1, 0.15) is 31.9 Å². The number of nitrogens with zero attached hydrogens (tertiary/aromatic N) is 3. The molecular formula is C18H19FN4OS. The minimum absolute atomic E-state index is 0.135. The number of carbonyl (C=O) groups is 1. The van der Waals surface area contributed by atoms with Crippen molar-refractivity contribution < 1.29 is 9.18 Å². The third kappa shape index (κ3) is 2.76. The topological polar surface area (TPSA) is 59.8 Å². The lowest BCUT2D eigenvalue weighted by molar-refractivity contribution is -0.125. The molecule has 0 saturated heterocycles. The van der Waals surface area contributed by atoms with E-state index < -0.39 is 12.0 Å². The summed E-state index contributed by atoms with van der Waals surface area (Å²) in [4.78, 5) is 17.4. The molecule has 1 N–H and O–H groups in total. The molecule has 2 aromatic rings. The van der Waals surface area contributed by atoms with E-state index in [0.717, 1.165) is 11.3 Å². The van der Waals surface area contributed by atoms with Gasteiger partial charge in [0.2, 0.25) is 11.1 Å². The second-order valence-corrected chi connectivity index (χ2v) is 7.97. The van der Waals surface area contributed by atoms with Crippen molar-refractivity contribution in [2.75, 3.05) is 11.6 Å². The van der Waals surface area contributed by atoms with Crippen LogP contribution in [-0.2, 0) is 4.79 Å². The van der Waals surface area contributed by atoms with Gasteiger partial charge in [-0.05, 0) is 29.4 Å². The quantitative estimate of drug-likeness (QED) is 0.831. The van der Waals surface area contributed by atoms with Crippen LogP contribution < -0.4 is 5.32 Å². The summed E-state index contributed by atoms with van der Waals surface area (Å²) in [6, 6.07) is 6.00.